The lowest BCUT2D eigenvalue weighted by Gasteiger charge is -2.26. The lowest BCUT2D eigenvalue weighted by Crippen LogP contribution is -2.14. The monoisotopic (exact) mass is 638 g/mol. The van der Waals surface area contributed by atoms with Gasteiger partial charge in [0.15, 0.2) is 0 Å². The minimum Gasteiger partial charge on any atom is -0.427 e. The fraction of sp³-hybridized carbons (Fsp3) is 0.500. The van der Waals surface area contributed by atoms with Gasteiger partial charge >= 0.3 is 17.2 Å². The predicted octanol–water partition coefficient (Wildman–Crippen LogP) is 11.1. The number of para-hydroxylation sites is 3. The molecule has 0 aromatic heterocycles. The van der Waals surface area contributed by atoms with Crippen molar-refractivity contribution in [3.05, 3.63) is 90.0 Å². The second-order valence-corrected chi connectivity index (χ2v) is 13.9. The number of hydrogen-bond donors (Lipinski definition) is 2. The first-order chi connectivity index (χ1) is 21.7. The summed E-state index contributed by atoms with van der Waals surface area (Å²) in [7, 11) is -3.79. The van der Waals surface area contributed by atoms with Gasteiger partial charge in [-0.2, -0.15) is 0 Å². The molecule has 6 rings (SSSR count). The molecule has 238 valence electrons. The van der Waals surface area contributed by atoms with E-state index in [4.69, 9.17) is 18.1 Å². The van der Waals surface area contributed by atoms with Gasteiger partial charge in [-0.3, -0.25) is 4.52 Å². The van der Waals surface area contributed by atoms with E-state index in [2.05, 4.69) is 24.3 Å². The van der Waals surface area contributed by atoms with Crippen molar-refractivity contribution in [3.63, 3.8) is 0 Å². The molecule has 44 heavy (non-hydrogen) atoms. The van der Waals surface area contributed by atoms with Crippen molar-refractivity contribution in [1.82, 2.24) is 0 Å². The largest absolute Gasteiger partial charge is 0.460 e. The predicted molar refractivity (Wildman–Crippen MR) is 179 cm³/mol. The standard InChI is InChI=1S/C24H31O3P.C12H17O3P/c25-28(26-23-17-9-7-15-21(23)19-11-3-1-4-12-19)27-24-18-10-8-16-22(24)20-13-5-2-6-14-20;13-16(14-11-7-3-1-4-8-11)15-12-9-5-2-6-10-12/h7-10,15-20,25H,1-6,11-14H2;1,3-4,7-8,12-13H,2,5-6,9-10H2. The molecule has 3 saturated carbocycles. The zero-order chi connectivity index (χ0) is 30.4. The van der Waals surface area contributed by atoms with Gasteiger partial charge in [0, 0.05) is 0 Å². The van der Waals surface area contributed by atoms with Crippen molar-refractivity contribution in [2.75, 3.05) is 0 Å². The van der Waals surface area contributed by atoms with Crippen LogP contribution in [-0.2, 0) is 4.52 Å². The van der Waals surface area contributed by atoms with Crippen LogP contribution in [0.15, 0.2) is 78.9 Å². The second kappa shape index (κ2) is 18.1. The summed E-state index contributed by atoms with van der Waals surface area (Å²) in [6, 6.07) is 25.6. The van der Waals surface area contributed by atoms with Gasteiger partial charge in [0.05, 0.1) is 6.10 Å². The molecule has 3 aliphatic carbocycles. The molecule has 0 heterocycles. The van der Waals surface area contributed by atoms with Crippen LogP contribution in [0.3, 0.4) is 0 Å². The summed E-state index contributed by atoms with van der Waals surface area (Å²) in [6.07, 6.45) is 18.5. The molecule has 2 N–H and O–H groups in total. The molecule has 0 radical (unpaired) electrons. The van der Waals surface area contributed by atoms with Gasteiger partial charge in [0.1, 0.15) is 17.2 Å². The van der Waals surface area contributed by atoms with Gasteiger partial charge in [-0.25, -0.2) is 0 Å². The van der Waals surface area contributed by atoms with Crippen LogP contribution in [0.4, 0.5) is 0 Å². The number of benzene rings is 3. The van der Waals surface area contributed by atoms with Crippen molar-refractivity contribution in [1.29, 1.82) is 0 Å². The fourth-order valence-corrected chi connectivity index (χ4v) is 8.22. The summed E-state index contributed by atoms with van der Waals surface area (Å²) in [5.74, 6) is 3.27. The molecule has 0 bridgehead atoms. The van der Waals surface area contributed by atoms with Gasteiger partial charge in [-0.1, -0.05) is 112 Å². The van der Waals surface area contributed by atoms with Gasteiger partial charge < -0.3 is 23.4 Å². The Morgan fingerprint density at radius 1 is 0.455 bits per heavy atom. The average molecular weight is 639 g/mol. The van der Waals surface area contributed by atoms with Gasteiger partial charge in [-0.15, -0.1) is 0 Å². The van der Waals surface area contributed by atoms with Crippen LogP contribution in [0.5, 0.6) is 17.2 Å². The summed E-state index contributed by atoms with van der Waals surface area (Å²) in [4.78, 5) is 20.3. The van der Waals surface area contributed by atoms with Crippen molar-refractivity contribution < 1.29 is 27.9 Å². The highest BCUT2D eigenvalue weighted by Gasteiger charge is 2.24. The van der Waals surface area contributed by atoms with E-state index in [1.165, 1.54) is 94.6 Å². The molecule has 1 unspecified atom stereocenters. The molecule has 8 heteroatoms. The molecule has 3 aliphatic rings. The topological polar surface area (TPSA) is 77.4 Å². The Hall–Kier alpha value is -2.20. The zero-order valence-electron chi connectivity index (χ0n) is 25.8. The molecule has 0 amide bonds. The first kappa shape index (κ1) is 33.2. The Labute approximate surface area is 266 Å². The fourth-order valence-electron chi connectivity index (χ4n) is 6.71. The molecule has 3 aromatic rings. The Kier molecular flexibility index (Phi) is 13.6. The molecular weight excluding hydrogens is 590 g/mol. The SMILES string of the molecule is OP(Oc1ccccc1)OC1CCCCC1.OP(Oc1ccccc1C1CCCCC1)Oc1ccccc1C1CCCCC1. The Bertz CT molecular complexity index is 1160. The highest BCUT2D eigenvalue weighted by molar-refractivity contribution is 7.41. The third kappa shape index (κ3) is 10.4. The van der Waals surface area contributed by atoms with Gasteiger partial charge in [0.25, 0.3) is 0 Å². The molecule has 0 saturated heterocycles. The normalized spacial score (nSPS) is 19.1. The minimum absolute atomic E-state index is 0.175. The Morgan fingerprint density at radius 3 is 1.39 bits per heavy atom. The van der Waals surface area contributed by atoms with E-state index in [9.17, 15) is 9.79 Å². The maximum absolute atomic E-state index is 10.6. The smallest absolute Gasteiger partial charge is 0.427 e. The van der Waals surface area contributed by atoms with E-state index in [0.29, 0.717) is 17.6 Å². The van der Waals surface area contributed by atoms with Crippen LogP contribution < -0.4 is 13.6 Å². The Balaban J connectivity index is 0.000000204. The molecule has 6 nitrogen and oxygen atoms in total. The van der Waals surface area contributed by atoms with E-state index in [0.717, 1.165) is 24.3 Å². The lowest BCUT2D eigenvalue weighted by atomic mass is 9.84. The minimum atomic E-state index is -2.01. The molecule has 3 fully saturated rings. The lowest BCUT2D eigenvalue weighted by molar-refractivity contribution is 0.136. The van der Waals surface area contributed by atoms with Crippen molar-refractivity contribution in [2.45, 2.75) is 114 Å². The number of rotatable bonds is 10. The molecule has 3 aromatic carbocycles. The van der Waals surface area contributed by atoms with Gasteiger partial charge in [0.2, 0.25) is 0 Å². The van der Waals surface area contributed by atoms with Crippen LogP contribution in [0.25, 0.3) is 0 Å². The van der Waals surface area contributed by atoms with Crippen LogP contribution in [-0.4, -0.2) is 15.9 Å². The molecule has 1 atom stereocenters. The van der Waals surface area contributed by atoms with E-state index in [1.807, 2.05) is 54.6 Å². The quantitative estimate of drug-likeness (QED) is 0.215. The summed E-state index contributed by atoms with van der Waals surface area (Å²) < 4.78 is 22.7. The zero-order valence-corrected chi connectivity index (χ0v) is 27.6. The van der Waals surface area contributed by atoms with Crippen molar-refractivity contribution in [3.8, 4) is 17.2 Å². The van der Waals surface area contributed by atoms with Crippen LogP contribution in [0, 0.1) is 0 Å². The first-order valence-electron chi connectivity index (χ1n) is 16.6. The van der Waals surface area contributed by atoms with Crippen LogP contribution in [0.2, 0.25) is 0 Å². The third-order valence-corrected chi connectivity index (χ3v) is 10.6. The van der Waals surface area contributed by atoms with Crippen LogP contribution >= 0.6 is 17.2 Å². The number of hydrogen-bond acceptors (Lipinski definition) is 6. The van der Waals surface area contributed by atoms with Gasteiger partial charge in [-0.05, 0) is 85.8 Å². The summed E-state index contributed by atoms with van der Waals surface area (Å²) >= 11 is 0. The maximum atomic E-state index is 10.6. The highest BCUT2D eigenvalue weighted by Crippen LogP contribution is 2.46. The molecule has 0 aliphatic heterocycles. The van der Waals surface area contributed by atoms with E-state index < -0.39 is 17.2 Å². The van der Waals surface area contributed by atoms with E-state index in [1.54, 1.807) is 0 Å². The maximum Gasteiger partial charge on any atom is 0.460 e. The molecule has 0 spiro atoms. The summed E-state index contributed by atoms with van der Waals surface area (Å²) in [5, 5.41) is 0. The highest BCUT2D eigenvalue weighted by atomic mass is 31.2. The van der Waals surface area contributed by atoms with Crippen molar-refractivity contribution >= 4 is 17.2 Å². The van der Waals surface area contributed by atoms with Crippen LogP contribution in [0.1, 0.15) is 119 Å². The Morgan fingerprint density at radius 2 is 0.886 bits per heavy atom. The molecular formula is C36H48O6P2. The second-order valence-electron chi connectivity index (χ2n) is 12.2. The van der Waals surface area contributed by atoms with E-state index >= 15 is 0 Å². The van der Waals surface area contributed by atoms with Crippen molar-refractivity contribution in [2.24, 2.45) is 0 Å². The summed E-state index contributed by atoms with van der Waals surface area (Å²) in [6.45, 7) is 0. The first-order valence-corrected chi connectivity index (χ1v) is 18.8. The average Bonchev–Trinajstić information content (AvgIpc) is 3.07. The summed E-state index contributed by atoms with van der Waals surface area (Å²) in [5.41, 5.74) is 2.43. The van der Waals surface area contributed by atoms with E-state index in [-0.39, 0.29) is 6.10 Å². The third-order valence-electron chi connectivity index (χ3n) is 9.00.